The maximum atomic E-state index is 12.6. The fourth-order valence-corrected chi connectivity index (χ4v) is 3.14. The summed E-state index contributed by atoms with van der Waals surface area (Å²) in [5, 5.41) is 5.10. The molecule has 3 aromatic carbocycles. The van der Waals surface area contributed by atoms with Crippen LogP contribution in [-0.4, -0.2) is 24.9 Å². The highest BCUT2D eigenvalue weighted by atomic mass is 16.2. The summed E-state index contributed by atoms with van der Waals surface area (Å²) in [5.74, 6) is -0.0597. The van der Waals surface area contributed by atoms with Crippen LogP contribution in [0, 0.1) is 0 Å². The molecule has 0 aliphatic rings. The van der Waals surface area contributed by atoms with Gasteiger partial charge in [-0.15, -0.1) is 0 Å². The Balaban J connectivity index is 1.55. The number of hydrogen-bond acceptors (Lipinski definition) is 2. The third-order valence-electron chi connectivity index (χ3n) is 4.53. The summed E-state index contributed by atoms with van der Waals surface area (Å²) in [7, 11) is 0. The Labute approximate surface area is 159 Å². The van der Waals surface area contributed by atoms with Crippen molar-refractivity contribution in [3.8, 4) is 0 Å². The van der Waals surface area contributed by atoms with Gasteiger partial charge in [0.15, 0.2) is 0 Å². The van der Waals surface area contributed by atoms with Crippen molar-refractivity contribution in [3.05, 3.63) is 78.4 Å². The molecule has 0 saturated carbocycles. The molecule has 3 aromatic rings. The van der Waals surface area contributed by atoms with Crippen molar-refractivity contribution < 1.29 is 9.59 Å². The van der Waals surface area contributed by atoms with Crippen LogP contribution >= 0.6 is 0 Å². The van der Waals surface area contributed by atoms with Crippen LogP contribution in [0.5, 0.6) is 0 Å². The summed E-state index contributed by atoms with van der Waals surface area (Å²) in [6.45, 7) is 2.89. The molecule has 4 nitrogen and oxygen atoms in total. The Kier molecular flexibility index (Phi) is 6.21. The molecule has 0 spiro atoms. The number of nitrogens with one attached hydrogen (secondary N) is 1. The van der Waals surface area contributed by atoms with E-state index in [0.29, 0.717) is 19.5 Å². The molecule has 0 atom stereocenters. The number of amides is 2. The largest absolute Gasteiger partial charge is 0.355 e. The minimum atomic E-state index is -0.0669. The van der Waals surface area contributed by atoms with Gasteiger partial charge in [-0.1, -0.05) is 60.7 Å². The molecule has 0 saturated heterocycles. The lowest BCUT2D eigenvalue weighted by Gasteiger charge is -2.21. The Hall–Kier alpha value is -3.14. The molecule has 1 N–H and O–H groups in total. The molecule has 0 fully saturated rings. The highest BCUT2D eigenvalue weighted by Crippen LogP contribution is 2.22. The van der Waals surface area contributed by atoms with E-state index in [1.807, 2.05) is 73.7 Å². The number of anilines is 1. The predicted octanol–water partition coefficient (Wildman–Crippen LogP) is 3.94. The van der Waals surface area contributed by atoms with E-state index in [1.165, 1.54) is 0 Å². The third kappa shape index (κ3) is 4.94. The van der Waals surface area contributed by atoms with Gasteiger partial charge in [0.1, 0.15) is 0 Å². The molecule has 0 aromatic heterocycles. The molecule has 3 rings (SSSR count). The third-order valence-corrected chi connectivity index (χ3v) is 4.53. The van der Waals surface area contributed by atoms with Crippen LogP contribution in [0.2, 0.25) is 0 Å². The van der Waals surface area contributed by atoms with Crippen LogP contribution in [0.25, 0.3) is 10.8 Å². The first-order valence-corrected chi connectivity index (χ1v) is 9.27. The van der Waals surface area contributed by atoms with Crippen LogP contribution in [0.1, 0.15) is 18.9 Å². The quantitative estimate of drug-likeness (QED) is 0.694. The zero-order valence-electron chi connectivity index (χ0n) is 15.5. The molecular weight excluding hydrogens is 336 g/mol. The fourth-order valence-electron chi connectivity index (χ4n) is 3.14. The Bertz CT molecular complexity index is 922. The smallest absolute Gasteiger partial charge is 0.228 e. The molecule has 0 aliphatic carbocycles. The zero-order chi connectivity index (χ0) is 19.1. The Morgan fingerprint density at radius 2 is 1.59 bits per heavy atom. The number of carbonyl (C=O) groups excluding carboxylic acids is 2. The lowest BCUT2D eigenvalue weighted by molar-refractivity contribution is -0.121. The molecule has 138 valence electrons. The lowest BCUT2D eigenvalue weighted by atomic mass is 10.1. The van der Waals surface area contributed by atoms with Crippen molar-refractivity contribution in [2.45, 2.75) is 19.8 Å². The fraction of sp³-hybridized carbons (Fsp3) is 0.217. The number of hydrogen-bond donors (Lipinski definition) is 1. The summed E-state index contributed by atoms with van der Waals surface area (Å²) in [4.78, 5) is 26.4. The van der Waals surface area contributed by atoms with Gasteiger partial charge in [0.2, 0.25) is 11.8 Å². The molecule has 0 unspecified atom stereocenters. The van der Waals surface area contributed by atoms with Gasteiger partial charge in [0.25, 0.3) is 0 Å². The summed E-state index contributed by atoms with van der Waals surface area (Å²) in [5.41, 5.74) is 1.85. The summed E-state index contributed by atoms with van der Waals surface area (Å²) in [6, 6.07) is 23.7. The van der Waals surface area contributed by atoms with Crippen LogP contribution in [-0.2, 0) is 16.0 Å². The number of fused-ring (bicyclic) bond motifs is 1. The zero-order valence-corrected chi connectivity index (χ0v) is 15.5. The van der Waals surface area contributed by atoms with Crippen LogP contribution in [0.3, 0.4) is 0 Å². The molecule has 4 heteroatoms. The molecule has 0 heterocycles. The molecule has 0 aliphatic heterocycles. The highest BCUT2D eigenvalue weighted by Gasteiger charge is 2.14. The second kappa shape index (κ2) is 8.99. The molecule has 0 bridgehead atoms. The van der Waals surface area contributed by atoms with Crippen molar-refractivity contribution in [2.24, 2.45) is 0 Å². The van der Waals surface area contributed by atoms with Gasteiger partial charge >= 0.3 is 0 Å². The Morgan fingerprint density at radius 1 is 0.889 bits per heavy atom. The van der Waals surface area contributed by atoms with E-state index >= 15 is 0 Å². The van der Waals surface area contributed by atoms with Crippen molar-refractivity contribution in [1.82, 2.24) is 5.32 Å². The normalized spacial score (nSPS) is 10.6. The minimum absolute atomic E-state index is 0.00722. The van der Waals surface area contributed by atoms with Crippen molar-refractivity contribution >= 4 is 28.3 Å². The summed E-state index contributed by atoms with van der Waals surface area (Å²) < 4.78 is 0. The van der Waals surface area contributed by atoms with Gasteiger partial charge in [0.05, 0.1) is 6.42 Å². The topological polar surface area (TPSA) is 49.4 Å². The molecule has 27 heavy (non-hydrogen) atoms. The van der Waals surface area contributed by atoms with E-state index in [9.17, 15) is 9.59 Å². The lowest BCUT2D eigenvalue weighted by Crippen LogP contribution is -2.34. The molecule has 2 amide bonds. The van der Waals surface area contributed by atoms with Crippen LogP contribution < -0.4 is 10.2 Å². The standard InChI is InChI=1S/C23H24N2O2/c1-2-25(21-13-12-19-10-6-7-11-20(19)17-21)23(27)14-15-24-22(26)16-18-8-4-3-5-9-18/h3-13,17H,2,14-16H2,1H3,(H,24,26). The number of rotatable bonds is 7. The van der Waals surface area contributed by atoms with E-state index in [4.69, 9.17) is 0 Å². The van der Waals surface area contributed by atoms with Gasteiger partial charge in [-0.2, -0.15) is 0 Å². The van der Waals surface area contributed by atoms with Gasteiger partial charge in [-0.3, -0.25) is 9.59 Å². The second-order valence-electron chi connectivity index (χ2n) is 6.43. The SMILES string of the molecule is CCN(C(=O)CCNC(=O)Cc1ccccc1)c1ccc2ccccc2c1. The summed E-state index contributed by atoms with van der Waals surface area (Å²) in [6.07, 6.45) is 0.610. The van der Waals surface area contributed by atoms with Crippen LogP contribution in [0.4, 0.5) is 5.69 Å². The van der Waals surface area contributed by atoms with Gasteiger partial charge in [0, 0.05) is 25.2 Å². The van der Waals surface area contributed by atoms with E-state index in [2.05, 4.69) is 11.4 Å². The van der Waals surface area contributed by atoms with E-state index < -0.39 is 0 Å². The van der Waals surface area contributed by atoms with Gasteiger partial charge in [-0.25, -0.2) is 0 Å². The van der Waals surface area contributed by atoms with Crippen LogP contribution in [0.15, 0.2) is 72.8 Å². The van der Waals surface area contributed by atoms with Gasteiger partial charge in [-0.05, 0) is 35.4 Å². The van der Waals surface area contributed by atoms with E-state index in [0.717, 1.165) is 22.0 Å². The maximum Gasteiger partial charge on any atom is 0.228 e. The maximum absolute atomic E-state index is 12.6. The first-order valence-electron chi connectivity index (χ1n) is 9.27. The van der Waals surface area contributed by atoms with E-state index in [1.54, 1.807) is 4.90 Å². The summed E-state index contributed by atoms with van der Waals surface area (Å²) >= 11 is 0. The average molecular weight is 360 g/mol. The monoisotopic (exact) mass is 360 g/mol. The van der Waals surface area contributed by atoms with E-state index in [-0.39, 0.29) is 18.2 Å². The number of benzene rings is 3. The first-order chi connectivity index (χ1) is 13.2. The number of carbonyl (C=O) groups is 2. The van der Waals surface area contributed by atoms with Crippen molar-refractivity contribution in [3.63, 3.8) is 0 Å². The minimum Gasteiger partial charge on any atom is -0.355 e. The predicted molar refractivity (Wildman–Crippen MR) is 110 cm³/mol. The average Bonchev–Trinajstić information content (AvgIpc) is 2.69. The number of nitrogens with zero attached hydrogens (tertiary/aromatic N) is 1. The second-order valence-corrected chi connectivity index (χ2v) is 6.43. The molecule has 0 radical (unpaired) electrons. The van der Waals surface area contributed by atoms with Crippen molar-refractivity contribution in [1.29, 1.82) is 0 Å². The van der Waals surface area contributed by atoms with Gasteiger partial charge < -0.3 is 10.2 Å². The first kappa shape index (κ1) is 18.6. The highest BCUT2D eigenvalue weighted by molar-refractivity contribution is 5.96. The molecular formula is C23H24N2O2. The Morgan fingerprint density at radius 3 is 2.33 bits per heavy atom. The van der Waals surface area contributed by atoms with Crippen molar-refractivity contribution in [2.75, 3.05) is 18.0 Å².